The molecule has 0 aliphatic carbocycles. The van der Waals surface area contributed by atoms with Gasteiger partial charge in [-0.05, 0) is 99.7 Å². The number of guanidine groups is 1. The normalized spacial score (nSPS) is 14.9. The van der Waals surface area contributed by atoms with Gasteiger partial charge in [-0.15, -0.1) is 0 Å². The maximum Gasteiger partial charge on any atom is 0.300 e. The first-order chi connectivity index (χ1) is 55.5. The predicted octanol–water partition coefficient (Wildman–Crippen LogP) is -7.54. The Morgan fingerprint density at radius 2 is 1.03 bits per heavy atom. The van der Waals surface area contributed by atoms with Gasteiger partial charge in [-0.3, -0.25) is 96.5 Å². The Bertz CT molecular complexity index is 4020. The molecule has 0 spiro atoms. The van der Waals surface area contributed by atoms with Crippen molar-refractivity contribution in [1.82, 2.24) is 94.7 Å². The van der Waals surface area contributed by atoms with Crippen molar-refractivity contribution in [3.8, 4) is 0 Å². The summed E-state index contributed by atoms with van der Waals surface area (Å²) < 4.78 is 0. The first kappa shape index (κ1) is 103. The second-order valence-corrected chi connectivity index (χ2v) is 30.2. The quantitative estimate of drug-likeness (QED) is 0.0142. The van der Waals surface area contributed by atoms with Crippen molar-refractivity contribution in [2.45, 2.75) is 218 Å². The number of aromatic nitrogens is 3. The Morgan fingerprint density at radius 1 is 0.546 bits per heavy atom. The van der Waals surface area contributed by atoms with Crippen LogP contribution in [0.1, 0.15) is 144 Å². The molecule has 0 unspecified atom stereocenters. The summed E-state index contributed by atoms with van der Waals surface area (Å²) >= 11 is 1.44. The third-order valence-corrected chi connectivity index (χ3v) is 18.4. The molecule has 46 heteroatoms. The Kier molecular flexibility index (Phi) is 45.0. The number of thioether (sulfide) groups is 1. The van der Waals surface area contributed by atoms with Gasteiger partial charge in [0, 0.05) is 74.6 Å². The lowest BCUT2D eigenvalue weighted by Crippen LogP contribution is -2.60. The van der Waals surface area contributed by atoms with Crippen LogP contribution in [0.15, 0.2) is 43.0 Å². The molecule has 1 fully saturated rings. The number of aromatic amines is 2. The number of aliphatic carboxylic acids is 1. The molecule has 3 heterocycles. The minimum Gasteiger partial charge on any atom is -0.481 e. The molecule has 660 valence electrons. The topological polar surface area (TPSA) is 755 Å². The molecule has 12 atom stereocenters. The van der Waals surface area contributed by atoms with E-state index in [2.05, 4.69) is 94.7 Å². The van der Waals surface area contributed by atoms with Crippen molar-refractivity contribution < 1.29 is 102 Å². The summed E-state index contributed by atoms with van der Waals surface area (Å²) in [5, 5.41) is 53.1. The Morgan fingerprint density at radius 3 is 1.53 bits per heavy atom. The summed E-state index contributed by atoms with van der Waals surface area (Å²) in [6, 6.07) is -10.1. The zero-order chi connectivity index (χ0) is 88.6. The first-order valence-corrected chi connectivity index (χ1v) is 39.5. The van der Waals surface area contributed by atoms with E-state index in [1.807, 2.05) is 20.1 Å². The molecule has 1 aliphatic rings. The lowest BCUT2D eigenvalue weighted by Gasteiger charge is -2.27. The van der Waals surface area contributed by atoms with Crippen molar-refractivity contribution in [2.24, 2.45) is 46.4 Å². The van der Waals surface area contributed by atoms with Gasteiger partial charge < -0.3 is 129 Å². The molecular formula is C73H116N24O21S. The van der Waals surface area contributed by atoms with Gasteiger partial charge in [0.25, 0.3) is 5.97 Å². The number of benzene rings is 1. The summed E-state index contributed by atoms with van der Waals surface area (Å²) in [4.78, 5) is 261. The molecule has 0 saturated carbocycles. The van der Waals surface area contributed by atoms with Gasteiger partial charge in [-0.1, -0.05) is 59.7 Å². The number of hydrogen-bond acceptors (Lipinski definition) is 22. The fourth-order valence-corrected chi connectivity index (χ4v) is 12.2. The zero-order valence-corrected chi connectivity index (χ0v) is 68.7. The van der Waals surface area contributed by atoms with E-state index in [0.29, 0.717) is 27.9 Å². The number of rotatable bonds is 51. The molecule has 1 aliphatic heterocycles. The molecule has 119 heavy (non-hydrogen) atoms. The van der Waals surface area contributed by atoms with Crippen LogP contribution in [-0.2, 0) is 104 Å². The third-order valence-electron chi connectivity index (χ3n) is 17.8. The summed E-state index contributed by atoms with van der Waals surface area (Å²) in [6.07, 6.45) is 3.35. The van der Waals surface area contributed by atoms with Gasteiger partial charge in [-0.25, -0.2) is 4.98 Å². The number of para-hydroxylation sites is 1. The van der Waals surface area contributed by atoms with E-state index in [9.17, 15) is 86.3 Å². The highest BCUT2D eigenvalue weighted by molar-refractivity contribution is 7.98. The SMILES string of the molecule is CC(=O)O.CSCC[C@H](NC(=O)[C@H](CC(C)C)NC(=O)[C@H](Cc1cnc[nH]1)NC(=O)CNC(=O)[C@@H](NC(=O)[C@H](C)NC(=O)[C@H](Cc1c[nH]c2ccccc12)NC(=O)[C@H](CCC(N)=O)NC(=O)[C@H](CC(N)=O)NC(=O)CNC(=O)[C@H](CC(C)C)NC(=O)[C@H](CCCNC(=N)N)NC(=O)[C@H](CCC(N)=O)NC(=O)[C@@H]1CCC(=O)N1)C(C)C)C(N)=O.O. The van der Waals surface area contributed by atoms with Crippen LogP contribution in [0.4, 0.5) is 0 Å². The van der Waals surface area contributed by atoms with E-state index in [1.54, 1.807) is 58.2 Å². The van der Waals surface area contributed by atoms with Crippen LogP contribution in [0.3, 0.4) is 0 Å². The molecule has 18 amide bonds. The van der Waals surface area contributed by atoms with Gasteiger partial charge in [0.2, 0.25) is 106 Å². The van der Waals surface area contributed by atoms with E-state index in [1.165, 1.54) is 31.2 Å². The Hall–Kier alpha value is -12.5. The highest BCUT2D eigenvalue weighted by Crippen LogP contribution is 2.21. The number of carboxylic acid groups (broad SMARTS) is 1. The highest BCUT2D eigenvalue weighted by Gasteiger charge is 2.38. The standard InChI is InChI=1S/C71H110N24O18S.C2H4O2.H2O/c1-34(2)24-47(92-62(105)43(14-11-22-79-71(76)77)89-64(107)45(15-18-52(72)96)90-63(106)44-17-20-55(99)85-44)61(104)81-31-56(100)87-51(28-54(74)98)69(112)91-46(16-19-53(73)97)65(108)94-49(26-38-29-80-41-13-10-9-12-40(38)41)66(109)84-37(7)60(103)95-58(36(5)6)70(113)82-32-57(101)86-50(27-39-30-78-33-83-39)68(111)93-48(25-35(3)4)67(110)88-42(59(75)102)21-23-114-8;1-2(3)4;/h9-10,12-13,29-30,33-37,42-51,58,80H,11,14-28,31-32H2,1-8H3,(H2,72,96)(H2,73,97)(H2,74,98)(H2,75,102)(H,78,83)(H,81,104)(H,82,113)(H,84,109)(H,85,99)(H,86,101)(H,87,100)(H,88,110)(H,89,107)(H,90,106)(H,91,112)(H,92,105)(H,93,111)(H,94,108)(H,95,103)(H4,76,77,79);1H3,(H,3,4);1H2/t37-,42-,43-,44-,45-,46-,47-,48-,49-,50-,51-,58-;;/m0../s1. The van der Waals surface area contributed by atoms with E-state index in [4.69, 9.17) is 44.0 Å². The zero-order valence-electron chi connectivity index (χ0n) is 67.9. The number of fused-ring (bicyclic) bond motifs is 1. The fourth-order valence-electron chi connectivity index (χ4n) is 11.8. The molecule has 1 aromatic carbocycles. The monoisotopic (exact) mass is 1700 g/mol. The van der Waals surface area contributed by atoms with Crippen molar-refractivity contribution in [2.75, 3.05) is 31.6 Å². The molecule has 0 radical (unpaired) electrons. The number of nitrogens with two attached hydrogens (primary N) is 5. The second-order valence-electron chi connectivity index (χ2n) is 29.2. The third kappa shape index (κ3) is 38.9. The van der Waals surface area contributed by atoms with Crippen LogP contribution in [0.5, 0.6) is 0 Å². The first-order valence-electron chi connectivity index (χ1n) is 38.1. The summed E-state index contributed by atoms with van der Waals surface area (Å²) in [6.45, 7) is 10.9. The fraction of sp³-hybridized carbons (Fsp3) is 0.575. The van der Waals surface area contributed by atoms with Crippen molar-refractivity contribution in [3.05, 3.63) is 54.2 Å². The lowest BCUT2D eigenvalue weighted by molar-refractivity contribution is -0.136. The summed E-state index contributed by atoms with van der Waals surface area (Å²) in [5.41, 5.74) is 28.9. The number of H-pyrrole nitrogens is 2. The minimum absolute atomic E-state index is 0. The van der Waals surface area contributed by atoms with Gasteiger partial charge >= 0.3 is 0 Å². The van der Waals surface area contributed by atoms with Crippen LogP contribution in [0, 0.1) is 23.2 Å². The molecule has 3 aromatic rings. The molecule has 0 bridgehead atoms. The predicted molar refractivity (Wildman–Crippen MR) is 431 cm³/mol. The van der Waals surface area contributed by atoms with Crippen LogP contribution in [-0.4, -0.2) is 248 Å². The average molecular weight is 1700 g/mol. The average Bonchev–Trinajstić information content (AvgIpc) is 1.68. The van der Waals surface area contributed by atoms with Gasteiger partial charge in [0.15, 0.2) is 5.96 Å². The number of carbonyl (C=O) groups is 19. The molecule has 31 N–H and O–H groups in total. The van der Waals surface area contributed by atoms with E-state index >= 15 is 0 Å². The maximum atomic E-state index is 14.6. The van der Waals surface area contributed by atoms with Crippen molar-refractivity contribution in [1.29, 1.82) is 5.41 Å². The number of nitrogens with one attached hydrogen (secondary N) is 18. The Balaban J connectivity index is 0.00000937. The van der Waals surface area contributed by atoms with Crippen LogP contribution in [0.25, 0.3) is 10.9 Å². The number of amides is 18. The lowest BCUT2D eigenvalue weighted by atomic mass is 10.0. The van der Waals surface area contributed by atoms with Gasteiger partial charge in [0.1, 0.15) is 72.5 Å². The number of primary amides is 4. The molecule has 2 aromatic heterocycles. The van der Waals surface area contributed by atoms with Crippen LogP contribution < -0.4 is 108 Å². The van der Waals surface area contributed by atoms with E-state index in [0.717, 1.165) is 6.92 Å². The summed E-state index contributed by atoms with van der Waals surface area (Å²) in [7, 11) is 0. The van der Waals surface area contributed by atoms with Gasteiger partial charge in [-0.2, -0.15) is 11.8 Å². The van der Waals surface area contributed by atoms with Crippen molar-refractivity contribution in [3.63, 3.8) is 0 Å². The number of imidazole rings is 1. The molecule has 1 saturated heterocycles. The van der Waals surface area contributed by atoms with Crippen LogP contribution >= 0.6 is 11.8 Å². The second kappa shape index (κ2) is 52.2. The summed E-state index contributed by atoms with van der Waals surface area (Å²) in [5.74, 6) is -18.1. The van der Waals surface area contributed by atoms with Crippen LogP contribution in [0.2, 0.25) is 0 Å². The Labute approximate surface area is 690 Å². The number of carbonyl (C=O) groups excluding carboxylic acids is 18. The van der Waals surface area contributed by atoms with E-state index in [-0.39, 0.29) is 94.5 Å². The van der Waals surface area contributed by atoms with Crippen molar-refractivity contribution >= 4 is 141 Å². The number of carboxylic acids is 1. The number of hydrogen-bond donors (Lipinski definition) is 24. The largest absolute Gasteiger partial charge is 0.481 e. The number of nitrogens with zero attached hydrogens (tertiary/aromatic N) is 1. The van der Waals surface area contributed by atoms with E-state index < -0.39 is 229 Å². The minimum atomic E-state index is -1.89. The smallest absolute Gasteiger partial charge is 0.300 e. The molecule has 45 nitrogen and oxygen atoms in total. The molecular weight excluding hydrogens is 1580 g/mol. The maximum absolute atomic E-state index is 14.6. The van der Waals surface area contributed by atoms with Gasteiger partial charge in [0.05, 0.1) is 25.8 Å². The molecule has 4 rings (SSSR count). The highest BCUT2D eigenvalue weighted by atomic mass is 32.2.